The van der Waals surface area contributed by atoms with E-state index in [1.165, 1.54) is 18.2 Å². The van der Waals surface area contributed by atoms with Gasteiger partial charge < -0.3 is 10.1 Å². The van der Waals surface area contributed by atoms with Crippen LogP contribution in [0.25, 0.3) is 0 Å². The number of carbonyl (C=O) groups is 2. The lowest BCUT2D eigenvalue weighted by Crippen LogP contribution is -2.29. The first-order valence-corrected chi connectivity index (χ1v) is 6.32. The maximum Gasteiger partial charge on any atom is 0.422 e. The number of carbonyl (C=O) groups excluding carboxylic acids is 2. The molecule has 0 saturated heterocycles. The average Bonchev–Trinajstić information content (AvgIpc) is 2.43. The fourth-order valence-corrected chi connectivity index (χ4v) is 1.74. The fraction of sp³-hybridized carbons (Fsp3) is 0.385. The molecule has 0 saturated carbocycles. The second-order valence-electron chi connectivity index (χ2n) is 4.59. The molecule has 1 aromatic carbocycles. The van der Waals surface area contributed by atoms with E-state index in [2.05, 4.69) is 10.1 Å². The molecule has 1 atom stereocenters. The Balaban J connectivity index is 2.88. The van der Waals surface area contributed by atoms with Gasteiger partial charge in [0.1, 0.15) is 0 Å². The van der Waals surface area contributed by atoms with Crippen LogP contribution in [-0.2, 0) is 14.3 Å². The van der Waals surface area contributed by atoms with Crippen LogP contribution in [0.15, 0.2) is 24.3 Å². The Kier molecular flexibility index (Phi) is 6.05. The van der Waals surface area contributed by atoms with Gasteiger partial charge in [-0.1, -0.05) is 12.1 Å². The Hall–Kier alpha value is -2.65. The minimum absolute atomic E-state index is 0.207. The van der Waals surface area contributed by atoms with Crippen molar-refractivity contribution in [2.75, 3.05) is 6.61 Å². The SMILES string of the molecule is CC(=O)N[C@H](CC(=O)OCC(F)(F)F)c1cccc([N+](=O)[O-])c1. The predicted molar refractivity (Wildman–Crippen MR) is 71.3 cm³/mol. The van der Waals surface area contributed by atoms with Crippen molar-refractivity contribution >= 4 is 17.6 Å². The van der Waals surface area contributed by atoms with Crippen molar-refractivity contribution in [1.29, 1.82) is 0 Å². The number of nitro benzene ring substituents is 1. The van der Waals surface area contributed by atoms with Crippen molar-refractivity contribution in [2.45, 2.75) is 25.6 Å². The molecule has 0 unspecified atom stereocenters. The summed E-state index contributed by atoms with van der Waals surface area (Å²) in [4.78, 5) is 32.7. The Morgan fingerprint density at radius 3 is 2.57 bits per heavy atom. The van der Waals surface area contributed by atoms with E-state index in [-0.39, 0.29) is 11.3 Å². The molecule has 10 heteroatoms. The van der Waals surface area contributed by atoms with Crippen LogP contribution in [-0.4, -0.2) is 29.6 Å². The molecular formula is C13H13F3N2O5. The lowest BCUT2D eigenvalue weighted by atomic mass is 10.0. The molecule has 0 aliphatic carbocycles. The zero-order valence-electron chi connectivity index (χ0n) is 11.9. The summed E-state index contributed by atoms with van der Waals surface area (Å²) < 4.78 is 40.1. The van der Waals surface area contributed by atoms with Gasteiger partial charge in [0.15, 0.2) is 6.61 Å². The van der Waals surface area contributed by atoms with Gasteiger partial charge in [0.2, 0.25) is 5.91 Å². The van der Waals surface area contributed by atoms with Crippen molar-refractivity contribution in [3.05, 3.63) is 39.9 Å². The van der Waals surface area contributed by atoms with Crippen LogP contribution in [0.3, 0.4) is 0 Å². The third-order valence-corrected chi connectivity index (χ3v) is 2.63. The topological polar surface area (TPSA) is 98.5 Å². The van der Waals surface area contributed by atoms with Gasteiger partial charge in [-0.2, -0.15) is 13.2 Å². The van der Waals surface area contributed by atoms with Crippen LogP contribution < -0.4 is 5.32 Å². The number of amides is 1. The number of non-ortho nitro benzene ring substituents is 1. The number of alkyl halides is 3. The standard InChI is InChI=1S/C13H13F3N2O5/c1-8(19)17-11(6-12(20)23-7-13(14,15)16)9-3-2-4-10(5-9)18(21)22/h2-5,11H,6-7H2,1H3,(H,17,19)/t11-/m1/s1. The zero-order chi connectivity index (χ0) is 17.6. The van der Waals surface area contributed by atoms with Gasteiger partial charge in [-0.25, -0.2) is 0 Å². The minimum atomic E-state index is -4.66. The third-order valence-electron chi connectivity index (χ3n) is 2.63. The van der Waals surface area contributed by atoms with Crippen LogP contribution >= 0.6 is 0 Å². The van der Waals surface area contributed by atoms with Crippen molar-refractivity contribution < 1.29 is 32.4 Å². The highest BCUT2D eigenvalue weighted by atomic mass is 19.4. The number of hydrogen-bond acceptors (Lipinski definition) is 5. The summed E-state index contributed by atoms with van der Waals surface area (Å²) >= 11 is 0. The van der Waals surface area contributed by atoms with Crippen LogP contribution in [0.2, 0.25) is 0 Å². The molecule has 1 N–H and O–H groups in total. The highest BCUT2D eigenvalue weighted by Gasteiger charge is 2.30. The minimum Gasteiger partial charge on any atom is -0.456 e. The van der Waals surface area contributed by atoms with E-state index in [0.717, 1.165) is 13.0 Å². The highest BCUT2D eigenvalue weighted by molar-refractivity contribution is 5.76. The van der Waals surface area contributed by atoms with Crippen LogP contribution in [0.1, 0.15) is 24.9 Å². The van der Waals surface area contributed by atoms with Crippen molar-refractivity contribution in [3.63, 3.8) is 0 Å². The van der Waals surface area contributed by atoms with Crippen molar-refractivity contribution in [2.24, 2.45) is 0 Å². The Bertz CT molecular complexity index is 604. The van der Waals surface area contributed by atoms with Crippen LogP contribution in [0, 0.1) is 10.1 Å². The predicted octanol–water partition coefficient (Wildman–Crippen LogP) is 2.27. The maximum atomic E-state index is 12.0. The number of benzene rings is 1. The van der Waals surface area contributed by atoms with Gasteiger partial charge in [0.25, 0.3) is 5.69 Å². The Labute approximate surface area is 128 Å². The number of nitro groups is 1. The molecule has 1 amide bonds. The molecule has 126 valence electrons. The molecule has 7 nitrogen and oxygen atoms in total. The molecule has 23 heavy (non-hydrogen) atoms. The molecule has 1 rings (SSSR count). The lowest BCUT2D eigenvalue weighted by molar-refractivity contribution is -0.384. The number of ether oxygens (including phenoxy) is 1. The molecule has 0 fully saturated rings. The van der Waals surface area contributed by atoms with Crippen molar-refractivity contribution in [3.8, 4) is 0 Å². The first-order chi connectivity index (χ1) is 10.6. The highest BCUT2D eigenvalue weighted by Crippen LogP contribution is 2.23. The number of rotatable bonds is 6. The maximum absolute atomic E-state index is 12.0. The van der Waals surface area contributed by atoms with E-state index in [4.69, 9.17) is 0 Å². The van der Waals surface area contributed by atoms with Gasteiger partial charge in [0, 0.05) is 19.1 Å². The van der Waals surface area contributed by atoms with E-state index in [1.807, 2.05) is 0 Å². The number of esters is 1. The van der Waals surface area contributed by atoms with E-state index in [0.29, 0.717) is 0 Å². The normalized spacial score (nSPS) is 12.3. The van der Waals surface area contributed by atoms with E-state index in [9.17, 15) is 32.9 Å². The Morgan fingerprint density at radius 2 is 2.04 bits per heavy atom. The number of hydrogen-bond donors (Lipinski definition) is 1. The number of nitrogens with zero attached hydrogens (tertiary/aromatic N) is 1. The van der Waals surface area contributed by atoms with Gasteiger partial charge >= 0.3 is 12.1 Å². The summed E-state index contributed by atoms with van der Waals surface area (Å²) in [6, 6.07) is 4.04. The van der Waals surface area contributed by atoms with Gasteiger partial charge in [-0.3, -0.25) is 19.7 Å². The zero-order valence-corrected chi connectivity index (χ0v) is 11.9. The smallest absolute Gasteiger partial charge is 0.422 e. The average molecular weight is 334 g/mol. The van der Waals surface area contributed by atoms with Gasteiger partial charge in [-0.15, -0.1) is 0 Å². The molecule has 1 aromatic rings. The molecule has 0 aliphatic rings. The molecule has 0 spiro atoms. The molecular weight excluding hydrogens is 321 g/mol. The summed E-state index contributed by atoms with van der Waals surface area (Å²) in [5.74, 6) is -1.74. The first-order valence-electron chi connectivity index (χ1n) is 6.32. The lowest BCUT2D eigenvalue weighted by Gasteiger charge is -2.18. The van der Waals surface area contributed by atoms with Crippen LogP contribution in [0.4, 0.5) is 18.9 Å². The van der Waals surface area contributed by atoms with Gasteiger partial charge in [-0.05, 0) is 5.56 Å². The third kappa shape index (κ3) is 6.76. The second kappa shape index (κ2) is 7.56. The largest absolute Gasteiger partial charge is 0.456 e. The first kappa shape index (κ1) is 18.4. The molecule has 0 heterocycles. The van der Waals surface area contributed by atoms with Gasteiger partial charge in [0.05, 0.1) is 17.4 Å². The quantitative estimate of drug-likeness (QED) is 0.489. The Morgan fingerprint density at radius 1 is 1.39 bits per heavy atom. The monoisotopic (exact) mass is 334 g/mol. The van der Waals surface area contributed by atoms with E-state index in [1.54, 1.807) is 0 Å². The summed E-state index contributed by atoms with van der Waals surface area (Å²) in [6.07, 6.45) is -5.25. The molecule has 0 aliphatic heterocycles. The molecule has 0 radical (unpaired) electrons. The molecule has 0 aromatic heterocycles. The summed E-state index contributed by atoms with van der Waals surface area (Å²) in [5, 5.41) is 13.1. The van der Waals surface area contributed by atoms with E-state index >= 15 is 0 Å². The van der Waals surface area contributed by atoms with Crippen molar-refractivity contribution in [1.82, 2.24) is 5.32 Å². The summed E-state index contributed by atoms with van der Waals surface area (Å²) in [5.41, 5.74) is -0.0696. The second-order valence-corrected chi connectivity index (χ2v) is 4.59. The number of halogens is 3. The molecule has 0 bridgehead atoms. The summed E-state index contributed by atoms with van der Waals surface area (Å²) in [6.45, 7) is -0.598. The van der Waals surface area contributed by atoms with E-state index < -0.39 is 42.0 Å². The van der Waals surface area contributed by atoms with Crippen LogP contribution in [0.5, 0.6) is 0 Å². The fourth-order valence-electron chi connectivity index (χ4n) is 1.74. The number of nitrogens with one attached hydrogen (secondary N) is 1. The summed E-state index contributed by atoms with van der Waals surface area (Å²) in [7, 11) is 0.